The van der Waals surface area contributed by atoms with Crippen LogP contribution in [0.3, 0.4) is 0 Å². The number of thioether (sulfide) groups is 1. The van der Waals surface area contributed by atoms with Crippen molar-refractivity contribution in [1.82, 2.24) is 24.8 Å². The van der Waals surface area contributed by atoms with Crippen LogP contribution in [0.5, 0.6) is 0 Å². The van der Waals surface area contributed by atoms with E-state index in [2.05, 4.69) is 44.7 Å². The average Bonchev–Trinajstić information content (AvgIpc) is 3.19. The Balaban J connectivity index is 1.71. The molecule has 0 aliphatic rings. The number of H-pyrrole nitrogens is 1. The molecule has 13 heteroatoms. The number of fused-ring (bicyclic) bond motifs is 1. The standard InChI is InChI=1S/C27H40N8O4S/c1-6-8-13-29-24-33-21(28)20-22(34-24)35(25(37)32-20)15-17-9-11-18(12-10-17)30-23(36)19(16-40-14-7-2)31-26(38)39-27(3,4)5/h9-12,19H,6-8,13-16H2,1-5H3,(H,30,36)(H,31,38)(H,32,37)(H3,28,29,33,34)/t19-/m0/s1. The Bertz CT molecular complexity index is 1350. The number of carbonyl (C=O) groups excluding carboxylic acids is 2. The van der Waals surface area contributed by atoms with Crippen molar-refractivity contribution in [2.45, 2.75) is 72.1 Å². The first-order chi connectivity index (χ1) is 19.0. The van der Waals surface area contributed by atoms with E-state index < -0.39 is 17.7 Å². The third kappa shape index (κ3) is 8.90. The number of rotatable bonds is 13. The molecule has 2 aromatic heterocycles. The van der Waals surface area contributed by atoms with Crippen LogP contribution in [0.4, 0.5) is 22.2 Å². The van der Waals surface area contributed by atoms with Gasteiger partial charge >= 0.3 is 11.8 Å². The summed E-state index contributed by atoms with van der Waals surface area (Å²) in [6.07, 6.45) is 2.30. The monoisotopic (exact) mass is 572 g/mol. The van der Waals surface area contributed by atoms with E-state index in [0.717, 1.165) is 30.6 Å². The summed E-state index contributed by atoms with van der Waals surface area (Å²) in [7, 11) is 0. The molecule has 3 rings (SSSR count). The van der Waals surface area contributed by atoms with Gasteiger partial charge in [0.2, 0.25) is 11.9 Å². The number of hydrogen-bond acceptors (Lipinski definition) is 9. The highest BCUT2D eigenvalue weighted by Gasteiger charge is 2.24. The molecule has 0 bridgehead atoms. The third-order valence-electron chi connectivity index (χ3n) is 5.67. The lowest BCUT2D eigenvalue weighted by Gasteiger charge is -2.23. The normalized spacial score (nSPS) is 12.2. The minimum Gasteiger partial charge on any atom is -0.444 e. The number of nitrogen functional groups attached to an aromatic ring is 1. The Hall–Kier alpha value is -3.74. The lowest BCUT2D eigenvalue weighted by atomic mass is 10.2. The number of carbonyl (C=O) groups is 2. The highest BCUT2D eigenvalue weighted by Crippen LogP contribution is 2.19. The molecule has 0 aliphatic carbocycles. The van der Waals surface area contributed by atoms with Gasteiger partial charge in [-0.3, -0.25) is 9.36 Å². The van der Waals surface area contributed by atoms with Crippen molar-refractivity contribution >= 4 is 52.4 Å². The second-order valence-corrected chi connectivity index (χ2v) is 11.5. The number of hydrogen-bond donors (Lipinski definition) is 5. The quantitative estimate of drug-likeness (QED) is 0.190. The van der Waals surface area contributed by atoms with Gasteiger partial charge in [0.05, 0.1) is 6.54 Å². The van der Waals surface area contributed by atoms with Crippen LogP contribution >= 0.6 is 11.8 Å². The van der Waals surface area contributed by atoms with Crippen molar-refractivity contribution in [3.05, 3.63) is 40.3 Å². The van der Waals surface area contributed by atoms with Crippen LogP contribution in [0.25, 0.3) is 11.2 Å². The fourth-order valence-electron chi connectivity index (χ4n) is 3.74. The topological polar surface area (TPSA) is 169 Å². The van der Waals surface area contributed by atoms with E-state index in [-0.39, 0.29) is 24.0 Å². The first-order valence-corrected chi connectivity index (χ1v) is 14.6. The minimum absolute atomic E-state index is 0.199. The summed E-state index contributed by atoms with van der Waals surface area (Å²) in [5.41, 5.74) is 7.24. The van der Waals surface area contributed by atoms with Gasteiger partial charge in [-0.25, -0.2) is 9.59 Å². The number of amides is 2. The maximum Gasteiger partial charge on any atom is 0.408 e. The molecule has 0 aliphatic heterocycles. The molecule has 0 radical (unpaired) electrons. The maximum atomic E-state index is 13.0. The highest BCUT2D eigenvalue weighted by molar-refractivity contribution is 7.99. The Morgan fingerprint density at radius 3 is 2.52 bits per heavy atom. The van der Waals surface area contributed by atoms with E-state index in [1.54, 1.807) is 44.7 Å². The smallest absolute Gasteiger partial charge is 0.408 e. The maximum absolute atomic E-state index is 13.0. The van der Waals surface area contributed by atoms with Crippen molar-refractivity contribution in [2.75, 3.05) is 34.4 Å². The number of benzene rings is 1. The number of imidazole rings is 1. The van der Waals surface area contributed by atoms with E-state index in [1.165, 1.54) is 4.57 Å². The first-order valence-electron chi connectivity index (χ1n) is 13.5. The molecule has 6 N–H and O–H groups in total. The van der Waals surface area contributed by atoms with Crippen LogP contribution in [0.15, 0.2) is 29.1 Å². The predicted molar refractivity (Wildman–Crippen MR) is 161 cm³/mol. The molecular weight excluding hydrogens is 532 g/mol. The molecule has 0 fully saturated rings. The molecule has 3 aromatic rings. The van der Waals surface area contributed by atoms with Gasteiger partial charge in [-0.1, -0.05) is 32.4 Å². The number of alkyl carbamates (subject to hydrolysis) is 1. The van der Waals surface area contributed by atoms with Crippen molar-refractivity contribution in [1.29, 1.82) is 0 Å². The molecule has 1 atom stereocenters. The first kappa shape index (κ1) is 30.8. The van der Waals surface area contributed by atoms with E-state index >= 15 is 0 Å². The Labute approximate surface area is 238 Å². The molecule has 2 heterocycles. The van der Waals surface area contributed by atoms with Crippen LogP contribution in [-0.2, 0) is 16.1 Å². The Morgan fingerprint density at radius 1 is 1.15 bits per heavy atom. The van der Waals surface area contributed by atoms with Crippen LogP contribution in [0.1, 0.15) is 59.4 Å². The molecule has 40 heavy (non-hydrogen) atoms. The van der Waals surface area contributed by atoms with Crippen LogP contribution in [0, 0.1) is 0 Å². The number of anilines is 3. The zero-order valence-electron chi connectivity index (χ0n) is 23.8. The van der Waals surface area contributed by atoms with Crippen molar-refractivity contribution < 1.29 is 14.3 Å². The number of aromatic nitrogens is 4. The predicted octanol–water partition coefficient (Wildman–Crippen LogP) is 3.94. The van der Waals surface area contributed by atoms with Crippen molar-refractivity contribution in [3.63, 3.8) is 0 Å². The van der Waals surface area contributed by atoms with E-state index in [1.807, 2.05) is 12.1 Å². The van der Waals surface area contributed by atoms with E-state index in [9.17, 15) is 14.4 Å². The fourth-order valence-corrected chi connectivity index (χ4v) is 4.66. The van der Waals surface area contributed by atoms with Gasteiger partial charge in [0.25, 0.3) is 0 Å². The summed E-state index contributed by atoms with van der Waals surface area (Å²) in [6, 6.07) is 6.36. The molecule has 0 unspecified atom stereocenters. The third-order valence-corrected chi connectivity index (χ3v) is 6.93. The van der Waals surface area contributed by atoms with Crippen molar-refractivity contribution in [3.8, 4) is 0 Å². The van der Waals surface area contributed by atoms with Crippen LogP contribution in [0.2, 0.25) is 0 Å². The van der Waals surface area contributed by atoms with Crippen molar-refractivity contribution in [2.24, 2.45) is 0 Å². The summed E-state index contributed by atoms with van der Waals surface area (Å²) in [6.45, 7) is 10.4. The summed E-state index contributed by atoms with van der Waals surface area (Å²) >= 11 is 1.58. The molecule has 2 amide bonds. The fraction of sp³-hybridized carbons (Fsp3) is 0.519. The van der Waals surface area contributed by atoms with Gasteiger partial charge in [-0.05, 0) is 57.1 Å². The van der Waals surface area contributed by atoms with Gasteiger partial charge in [0.1, 0.15) is 17.2 Å². The lowest BCUT2D eigenvalue weighted by molar-refractivity contribution is -0.117. The number of ether oxygens (including phenoxy) is 1. The molecule has 0 spiro atoms. The Kier molecular flexibility index (Phi) is 10.8. The van der Waals surface area contributed by atoms with Gasteiger partial charge in [0.15, 0.2) is 11.5 Å². The van der Waals surface area contributed by atoms with Gasteiger partial charge in [-0.15, -0.1) is 0 Å². The van der Waals surface area contributed by atoms with Gasteiger partial charge in [-0.2, -0.15) is 21.7 Å². The Morgan fingerprint density at radius 2 is 1.88 bits per heavy atom. The SMILES string of the molecule is CCCCNc1nc(N)c2[nH]c(=O)n(Cc3ccc(NC(=O)[C@H](CSCCC)NC(=O)OC(C)(C)C)cc3)c2n1. The van der Waals surface area contributed by atoms with E-state index in [0.29, 0.717) is 35.1 Å². The van der Waals surface area contributed by atoms with Gasteiger partial charge < -0.3 is 31.4 Å². The van der Waals surface area contributed by atoms with E-state index in [4.69, 9.17) is 10.5 Å². The average molecular weight is 573 g/mol. The summed E-state index contributed by atoms with van der Waals surface area (Å²) < 4.78 is 6.83. The second kappa shape index (κ2) is 14.1. The molecule has 12 nitrogen and oxygen atoms in total. The molecular formula is C27H40N8O4S. The lowest BCUT2D eigenvalue weighted by Crippen LogP contribution is -2.47. The molecule has 1 aromatic carbocycles. The van der Waals surface area contributed by atoms with Crippen LogP contribution in [-0.4, -0.2) is 61.2 Å². The number of nitrogens with one attached hydrogen (secondary N) is 4. The number of nitrogens with two attached hydrogens (primary N) is 1. The zero-order valence-corrected chi connectivity index (χ0v) is 24.6. The largest absolute Gasteiger partial charge is 0.444 e. The summed E-state index contributed by atoms with van der Waals surface area (Å²) in [5.74, 6) is 1.51. The number of nitrogens with zero attached hydrogens (tertiary/aromatic N) is 3. The summed E-state index contributed by atoms with van der Waals surface area (Å²) in [4.78, 5) is 49.5. The molecule has 218 valence electrons. The molecule has 0 saturated heterocycles. The molecule has 0 saturated carbocycles. The number of aromatic amines is 1. The summed E-state index contributed by atoms with van der Waals surface area (Å²) in [5, 5.41) is 8.68. The zero-order chi connectivity index (χ0) is 29.3. The van der Waals surface area contributed by atoms with Crippen LogP contribution < -0.4 is 27.4 Å². The minimum atomic E-state index is -0.763. The number of unbranched alkanes of at least 4 members (excludes halogenated alkanes) is 1. The highest BCUT2D eigenvalue weighted by atomic mass is 32.2. The van der Waals surface area contributed by atoms with Gasteiger partial charge in [0, 0.05) is 18.0 Å². The second-order valence-electron chi connectivity index (χ2n) is 10.4.